The Balaban J connectivity index is 2.77. The van der Waals surface area contributed by atoms with Crippen LogP contribution in [0.4, 0.5) is 0 Å². The van der Waals surface area contributed by atoms with Crippen molar-refractivity contribution in [1.29, 1.82) is 0 Å². The molecule has 5 nitrogen and oxygen atoms in total. The van der Waals surface area contributed by atoms with Crippen molar-refractivity contribution in [3.05, 3.63) is 20.8 Å². The average molecular weight is 336 g/mol. The topological polar surface area (TPSA) is 75.6 Å². The Labute approximate surface area is 117 Å². The lowest BCUT2D eigenvalue weighted by atomic mass is 9.99. The van der Waals surface area contributed by atoms with Crippen molar-refractivity contribution in [2.75, 3.05) is 13.7 Å². The van der Waals surface area contributed by atoms with Crippen LogP contribution in [-0.2, 0) is 9.53 Å². The summed E-state index contributed by atoms with van der Waals surface area (Å²) in [4.78, 5) is 23.3. The van der Waals surface area contributed by atoms with E-state index in [4.69, 9.17) is 9.84 Å². The number of carbonyl (C=O) groups is 2. The highest BCUT2D eigenvalue weighted by Crippen LogP contribution is 2.23. The zero-order chi connectivity index (χ0) is 13.8. The third-order valence-electron chi connectivity index (χ3n) is 2.22. The summed E-state index contributed by atoms with van der Waals surface area (Å²) in [6, 6.07) is 3.45. The van der Waals surface area contributed by atoms with E-state index in [2.05, 4.69) is 21.2 Å². The maximum atomic E-state index is 12.0. The number of carboxylic acid groups (broad SMARTS) is 1. The first-order chi connectivity index (χ1) is 8.36. The van der Waals surface area contributed by atoms with E-state index in [1.165, 1.54) is 18.4 Å². The lowest BCUT2D eigenvalue weighted by Crippen LogP contribution is -2.50. The summed E-state index contributed by atoms with van der Waals surface area (Å²) in [5.74, 6) is -1.28. The van der Waals surface area contributed by atoms with Crippen LogP contribution in [0.3, 0.4) is 0 Å². The van der Waals surface area contributed by atoms with Crippen LogP contribution >= 0.6 is 27.3 Å². The van der Waals surface area contributed by atoms with Crippen LogP contribution in [0.2, 0.25) is 0 Å². The highest BCUT2D eigenvalue weighted by molar-refractivity contribution is 9.11. The van der Waals surface area contributed by atoms with Crippen molar-refractivity contribution in [2.24, 2.45) is 0 Å². The van der Waals surface area contributed by atoms with Crippen molar-refractivity contribution < 1.29 is 19.4 Å². The first-order valence-electron chi connectivity index (χ1n) is 5.15. The molecule has 18 heavy (non-hydrogen) atoms. The molecule has 0 bridgehead atoms. The molecule has 0 saturated carbocycles. The molecular weight excluding hydrogens is 322 g/mol. The van der Waals surface area contributed by atoms with Gasteiger partial charge in [-0.15, -0.1) is 11.3 Å². The van der Waals surface area contributed by atoms with Crippen LogP contribution in [-0.4, -0.2) is 36.2 Å². The third-order valence-corrected chi connectivity index (χ3v) is 3.84. The lowest BCUT2D eigenvalue weighted by molar-refractivity contribution is -0.139. The standard InChI is InChI=1S/C11H14BrNO4S/c1-11(6-17-2,5-9(14)15)13-10(16)7-3-4-8(12)18-7/h3-4H,5-6H2,1-2H3,(H,13,16)(H,14,15). The van der Waals surface area contributed by atoms with E-state index in [0.717, 1.165) is 3.79 Å². The fourth-order valence-corrected chi connectivity index (χ4v) is 2.84. The second-order valence-corrected chi connectivity index (χ2v) is 6.59. The second kappa shape index (κ2) is 6.31. The molecule has 0 fully saturated rings. The van der Waals surface area contributed by atoms with Gasteiger partial charge in [0, 0.05) is 7.11 Å². The van der Waals surface area contributed by atoms with E-state index in [-0.39, 0.29) is 18.9 Å². The summed E-state index contributed by atoms with van der Waals surface area (Å²) in [5.41, 5.74) is -0.922. The Bertz CT molecular complexity index is 448. The zero-order valence-corrected chi connectivity index (χ0v) is 12.4. The lowest BCUT2D eigenvalue weighted by Gasteiger charge is -2.28. The van der Waals surface area contributed by atoms with Gasteiger partial charge in [-0.1, -0.05) is 0 Å². The molecule has 1 aromatic rings. The van der Waals surface area contributed by atoms with Crippen LogP contribution in [0.5, 0.6) is 0 Å². The molecule has 7 heteroatoms. The summed E-state index contributed by atoms with van der Waals surface area (Å²) in [5, 5.41) is 11.6. The van der Waals surface area contributed by atoms with E-state index in [1.54, 1.807) is 19.1 Å². The SMILES string of the molecule is COCC(C)(CC(=O)O)NC(=O)c1ccc(Br)s1. The van der Waals surface area contributed by atoms with Crippen molar-refractivity contribution >= 4 is 39.1 Å². The minimum Gasteiger partial charge on any atom is -0.481 e. The first kappa shape index (κ1) is 15.1. The van der Waals surface area contributed by atoms with Gasteiger partial charge in [-0.3, -0.25) is 9.59 Å². The predicted octanol–water partition coefficient (Wildman–Crippen LogP) is 2.12. The molecule has 2 N–H and O–H groups in total. The fourth-order valence-electron chi connectivity index (χ4n) is 1.56. The number of hydrogen-bond donors (Lipinski definition) is 2. The number of aliphatic carboxylic acids is 1. The van der Waals surface area contributed by atoms with Gasteiger partial charge in [-0.05, 0) is 35.0 Å². The van der Waals surface area contributed by atoms with Crippen LogP contribution in [0, 0.1) is 0 Å². The van der Waals surface area contributed by atoms with Gasteiger partial charge < -0.3 is 15.2 Å². The molecule has 1 amide bonds. The molecular formula is C11H14BrNO4S. The fraction of sp³-hybridized carbons (Fsp3) is 0.455. The van der Waals surface area contributed by atoms with Gasteiger partial charge in [0.25, 0.3) is 5.91 Å². The molecule has 0 radical (unpaired) electrons. The van der Waals surface area contributed by atoms with E-state index >= 15 is 0 Å². The molecule has 0 aromatic carbocycles. The Hall–Kier alpha value is -0.920. The number of nitrogens with one attached hydrogen (secondary N) is 1. The summed E-state index contributed by atoms with van der Waals surface area (Å²) in [7, 11) is 1.47. The number of amides is 1. The number of methoxy groups -OCH3 is 1. The van der Waals surface area contributed by atoms with Crippen molar-refractivity contribution in [2.45, 2.75) is 18.9 Å². The van der Waals surface area contributed by atoms with Crippen LogP contribution < -0.4 is 5.32 Å². The Morgan fingerprint density at radius 2 is 2.22 bits per heavy atom. The highest BCUT2D eigenvalue weighted by Gasteiger charge is 2.30. The molecule has 1 unspecified atom stereocenters. The summed E-state index contributed by atoms with van der Waals surface area (Å²) >= 11 is 4.56. The first-order valence-corrected chi connectivity index (χ1v) is 6.76. The average Bonchev–Trinajstić information content (AvgIpc) is 2.63. The number of halogens is 1. The normalized spacial score (nSPS) is 13.9. The molecule has 1 rings (SSSR count). The quantitative estimate of drug-likeness (QED) is 0.834. The number of hydrogen-bond acceptors (Lipinski definition) is 4. The third kappa shape index (κ3) is 4.40. The monoisotopic (exact) mass is 335 g/mol. The van der Waals surface area contributed by atoms with Crippen molar-refractivity contribution in [3.8, 4) is 0 Å². The van der Waals surface area contributed by atoms with E-state index < -0.39 is 11.5 Å². The van der Waals surface area contributed by atoms with E-state index in [1.807, 2.05) is 0 Å². The molecule has 100 valence electrons. The minimum absolute atomic E-state index is 0.136. The van der Waals surface area contributed by atoms with E-state index in [0.29, 0.717) is 4.88 Å². The van der Waals surface area contributed by atoms with Gasteiger partial charge in [-0.25, -0.2) is 0 Å². The highest BCUT2D eigenvalue weighted by atomic mass is 79.9. The molecule has 0 aliphatic carbocycles. The Morgan fingerprint density at radius 3 is 2.67 bits per heavy atom. The largest absolute Gasteiger partial charge is 0.481 e. The summed E-state index contributed by atoms with van der Waals surface area (Å²) < 4.78 is 5.81. The van der Waals surface area contributed by atoms with Crippen molar-refractivity contribution in [1.82, 2.24) is 5.32 Å². The van der Waals surface area contributed by atoms with Crippen LogP contribution in [0.25, 0.3) is 0 Å². The van der Waals surface area contributed by atoms with Gasteiger partial charge in [0.2, 0.25) is 0 Å². The summed E-state index contributed by atoms with van der Waals surface area (Å²) in [6.07, 6.45) is -0.195. The van der Waals surface area contributed by atoms with Crippen LogP contribution in [0.15, 0.2) is 15.9 Å². The van der Waals surface area contributed by atoms with Crippen molar-refractivity contribution in [3.63, 3.8) is 0 Å². The molecule has 0 aliphatic heterocycles. The van der Waals surface area contributed by atoms with Crippen LogP contribution in [0.1, 0.15) is 23.0 Å². The minimum atomic E-state index is -0.984. The smallest absolute Gasteiger partial charge is 0.305 e. The summed E-state index contributed by atoms with van der Waals surface area (Å²) in [6.45, 7) is 1.78. The number of rotatable bonds is 6. The number of carbonyl (C=O) groups excluding carboxylic acids is 1. The Morgan fingerprint density at radius 1 is 1.56 bits per heavy atom. The molecule has 1 heterocycles. The number of thiophene rings is 1. The van der Waals surface area contributed by atoms with E-state index in [9.17, 15) is 9.59 Å². The molecule has 1 atom stereocenters. The maximum Gasteiger partial charge on any atom is 0.305 e. The molecule has 0 aliphatic rings. The molecule has 0 saturated heterocycles. The van der Waals surface area contributed by atoms with Gasteiger partial charge in [-0.2, -0.15) is 0 Å². The van der Waals surface area contributed by atoms with Gasteiger partial charge in [0.15, 0.2) is 0 Å². The number of ether oxygens (including phenoxy) is 1. The van der Waals surface area contributed by atoms with Gasteiger partial charge in [0.05, 0.1) is 27.2 Å². The Kier molecular flexibility index (Phi) is 5.30. The second-order valence-electron chi connectivity index (χ2n) is 4.12. The van der Waals surface area contributed by atoms with Gasteiger partial charge >= 0.3 is 5.97 Å². The molecule has 0 spiro atoms. The zero-order valence-electron chi connectivity index (χ0n) is 10.0. The number of carboxylic acids is 1. The van der Waals surface area contributed by atoms with Gasteiger partial charge in [0.1, 0.15) is 0 Å². The molecule has 1 aromatic heterocycles. The maximum absolute atomic E-state index is 12.0. The predicted molar refractivity (Wildman–Crippen MR) is 72.0 cm³/mol.